The molecule has 4 heteroatoms. The summed E-state index contributed by atoms with van der Waals surface area (Å²) in [5, 5.41) is 9.65. The molecular weight excluding hydrogens is 164 g/mol. The van der Waals surface area contributed by atoms with E-state index in [9.17, 15) is 13.9 Å². The fourth-order valence-corrected chi connectivity index (χ4v) is 2.33. The van der Waals surface area contributed by atoms with E-state index in [1.807, 2.05) is 4.90 Å². The van der Waals surface area contributed by atoms with E-state index < -0.39 is 12.0 Å². The van der Waals surface area contributed by atoms with Gasteiger partial charge in [0, 0.05) is 6.54 Å². The topological polar surface area (TPSA) is 23.5 Å². The van der Waals surface area contributed by atoms with E-state index in [2.05, 4.69) is 0 Å². The van der Waals surface area contributed by atoms with Gasteiger partial charge in [-0.1, -0.05) is 0 Å². The van der Waals surface area contributed by atoms with Crippen LogP contribution in [-0.4, -0.2) is 41.7 Å². The summed E-state index contributed by atoms with van der Waals surface area (Å²) in [5.41, 5.74) is -1.71. The second kappa shape index (κ2) is 2.64. The van der Waals surface area contributed by atoms with Gasteiger partial charge in [0.1, 0.15) is 5.60 Å². The number of halogens is 2. The second-order valence-corrected chi connectivity index (χ2v) is 3.84. The predicted octanol–water partition coefficient (Wildman–Crippen LogP) is 0.708. The van der Waals surface area contributed by atoms with Crippen LogP contribution in [0.4, 0.5) is 8.78 Å². The van der Waals surface area contributed by atoms with Crippen LogP contribution in [0, 0.1) is 5.92 Å². The molecule has 3 rings (SSSR count). The van der Waals surface area contributed by atoms with Gasteiger partial charge < -0.3 is 10.0 Å². The second-order valence-electron chi connectivity index (χ2n) is 3.84. The summed E-state index contributed by atoms with van der Waals surface area (Å²) >= 11 is 0. The molecular formula is C8H13F2NO. The summed E-state index contributed by atoms with van der Waals surface area (Å²) in [5.74, 6) is -0.178. The third-order valence-corrected chi connectivity index (χ3v) is 3.15. The molecule has 3 fully saturated rings. The standard InChI is InChI=1S/C8H13F2NO/c9-7(10)8(12)5-11-3-1-6(8)2-4-11/h6-7,12H,1-5H2. The molecule has 0 aliphatic carbocycles. The van der Waals surface area contributed by atoms with E-state index in [1.165, 1.54) is 0 Å². The number of nitrogens with zero attached hydrogens (tertiary/aromatic N) is 1. The van der Waals surface area contributed by atoms with Gasteiger partial charge >= 0.3 is 0 Å². The highest BCUT2D eigenvalue weighted by Gasteiger charge is 2.51. The molecule has 0 aromatic heterocycles. The maximum Gasteiger partial charge on any atom is 0.268 e. The molecule has 3 aliphatic rings. The van der Waals surface area contributed by atoms with Crippen LogP contribution in [0.3, 0.4) is 0 Å². The summed E-state index contributed by atoms with van der Waals surface area (Å²) in [6.07, 6.45) is -1.15. The molecule has 70 valence electrons. The molecule has 0 amide bonds. The van der Waals surface area contributed by atoms with Crippen molar-refractivity contribution >= 4 is 0 Å². The van der Waals surface area contributed by atoms with Crippen LogP contribution in [0.5, 0.6) is 0 Å². The van der Waals surface area contributed by atoms with Crippen molar-refractivity contribution < 1.29 is 13.9 Å². The van der Waals surface area contributed by atoms with Crippen molar-refractivity contribution in [1.82, 2.24) is 4.90 Å². The third-order valence-electron chi connectivity index (χ3n) is 3.15. The van der Waals surface area contributed by atoms with E-state index in [0.717, 1.165) is 25.9 Å². The molecule has 2 nitrogen and oxygen atoms in total. The Labute approximate surface area is 70.2 Å². The highest BCUT2D eigenvalue weighted by atomic mass is 19.3. The molecule has 0 aromatic rings. The number of aliphatic hydroxyl groups is 1. The van der Waals surface area contributed by atoms with Crippen molar-refractivity contribution in [2.24, 2.45) is 5.92 Å². The Morgan fingerprint density at radius 2 is 1.92 bits per heavy atom. The van der Waals surface area contributed by atoms with Crippen molar-refractivity contribution in [3.63, 3.8) is 0 Å². The van der Waals surface area contributed by atoms with Crippen molar-refractivity contribution in [1.29, 1.82) is 0 Å². The van der Waals surface area contributed by atoms with Crippen molar-refractivity contribution in [3.05, 3.63) is 0 Å². The Balaban J connectivity index is 2.17. The molecule has 0 aromatic carbocycles. The van der Waals surface area contributed by atoms with Gasteiger partial charge in [-0.3, -0.25) is 0 Å². The first kappa shape index (κ1) is 8.38. The largest absolute Gasteiger partial charge is 0.382 e. The summed E-state index contributed by atoms with van der Waals surface area (Å²) in [7, 11) is 0. The van der Waals surface area contributed by atoms with E-state index in [-0.39, 0.29) is 12.5 Å². The number of alkyl halides is 2. The van der Waals surface area contributed by atoms with Crippen molar-refractivity contribution in [3.8, 4) is 0 Å². The van der Waals surface area contributed by atoms with Crippen LogP contribution < -0.4 is 0 Å². The normalized spacial score (nSPS) is 47.0. The third kappa shape index (κ3) is 1.05. The number of fused-ring (bicyclic) bond motifs is 3. The van der Waals surface area contributed by atoms with Crippen molar-refractivity contribution in [2.45, 2.75) is 24.9 Å². The van der Waals surface area contributed by atoms with Gasteiger partial charge in [0.2, 0.25) is 0 Å². The maximum absolute atomic E-state index is 12.5. The average Bonchev–Trinajstić information content (AvgIpc) is 2.05. The highest BCUT2D eigenvalue weighted by Crippen LogP contribution is 2.39. The Kier molecular flexibility index (Phi) is 1.84. The monoisotopic (exact) mass is 177 g/mol. The van der Waals surface area contributed by atoms with Crippen LogP contribution >= 0.6 is 0 Å². The number of piperidine rings is 3. The van der Waals surface area contributed by atoms with Crippen LogP contribution in [0.2, 0.25) is 0 Å². The molecule has 3 aliphatic heterocycles. The molecule has 3 heterocycles. The summed E-state index contributed by atoms with van der Waals surface area (Å²) in [4.78, 5) is 1.92. The SMILES string of the molecule is OC1(C(F)F)CN2CCC1CC2. The lowest BCUT2D eigenvalue weighted by molar-refractivity contribution is -0.186. The molecule has 1 unspecified atom stereocenters. The Morgan fingerprint density at radius 3 is 2.17 bits per heavy atom. The Hall–Kier alpha value is -0.220. The quantitative estimate of drug-likeness (QED) is 0.637. The highest BCUT2D eigenvalue weighted by molar-refractivity contribution is 4.99. The molecule has 2 bridgehead atoms. The van der Waals surface area contributed by atoms with Gasteiger partial charge in [-0.15, -0.1) is 0 Å². The Bertz CT molecular complexity index is 180. The van der Waals surface area contributed by atoms with E-state index in [1.54, 1.807) is 0 Å². The molecule has 0 saturated carbocycles. The molecule has 1 N–H and O–H groups in total. The van der Waals surface area contributed by atoms with Crippen LogP contribution in [0.15, 0.2) is 0 Å². The number of hydrogen-bond acceptors (Lipinski definition) is 2. The number of hydrogen-bond donors (Lipinski definition) is 1. The predicted molar refractivity (Wildman–Crippen MR) is 40.1 cm³/mol. The van der Waals surface area contributed by atoms with Crippen molar-refractivity contribution in [2.75, 3.05) is 19.6 Å². The first-order chi connectivity index (χ1) is 5.63. The van der Waals surface area contributed by atoms with Gasteiger partial charge in [-0.05, 0) is 31.8 Å². The fraction of sp³-hybridized carbons (Fsp3) is 1.00. The van der Waals surface area contributed by atoms with Crippen LogP contribution in [-0.2, 0) is 0 Å². The van der Waals surface area contributed by atoms with Gasteiger partial charge in [0.05, 0.1) is 0 Å². The zero-order chi connectivity index (χ0) is 8.77. The van der Waals surface area contributed by atoms with E-state index in [4.69, 9.17) is 0 Å². The summed E-state index contributed by atoms with van der Waals surface area (Å²) in [6.45, 7) is 1.91. The van der Waals surface area contributed by atoms with Gasteiger partial charge in [-0.2, -0.15) is 0 Å². The van der Waals surface area contributed by atoms with Gasteiger partial charge in [-0.25, -0.2) is 8.78 Å². The lowest BCUT2D eigenvalue weighted by Crippen LogP contribution is -2.62. The van der Waals surface area contributed by atoms with E-state index >= 15 is 0 Å². The van der Waals surface area contributed by atoms with Crippen LogP contribution in [0.25, 0.3) is 0 Å². The first-order valence-electron chi connectivity index (χ1n) is 4.36. The molecule has 1 atom stereocenters. The molecule has 0 spiro atoms. The zero-order valence-corrected chi connectivity index (χ0v) is 6.84. The van der Waals surface area contributed by atoms with Gasteiger partial charge in [0.25, 0.3) is 6.43 Å². The minimum absolute atomic E-state index is 0.162. The van der Waals surface area contributed by atoms with E-state index in [0.29, 0.717) is 0 Å². The lowest BCUT2D eigenvalue weighted by Gasteiger charge is -2.49. The summed E-state index contributed by atoms with van der Waals surface area (Å²) < 4.78 is 25.0. The zero-order valence-electron chi connectivity index (χ0n) is 6.84. The average molecular weight is 177 g/mol. The minimum Gasteiger partial charge on any atom is -0.382 e. The molecule has 0 radical (unpaired) electrons. The Morgan fingerprint density at radius 1 is 1.33 bits per heavy atom. The first-order valence-corrected chi connectivity index (χ1v) is 4.36. The lowest BCUT2D eigenvalue weighted by atomic mass is 9.75. The smallest absolute Gasteiger partial charge is 0.268 e. The van der Waals surface area contributed by atoms with Crippen LogP contribution in [0.1, 0.15) is 12.8 Å². The number of rotatable bonds is 1. The fourth-order valence-electron chi connectivity index (χ4n) is 2.33. The maximum atomic E-state index is 12.5. The molecule has 12 heavy (non-hydrogen) atoms. The minimum atomic E-state index is -2.59. The molecule has 3 saturated heterocycles. The summed E-state index contributed by atoms with van der Waals surface area (Å²) in [6, 6.07) is 0. The van der Waals surface area contributed by atoms with Gasteiger partial charge in [0.15, 0.2) is 0 Å².